The smallest absolute Gasteiger partial charge is 0.246 e. The maximum absolute atomic E-state index is 14.1. The van der Waals surface area contributed by atoms with Gasteiger partial charge in [0.15, 0.2) is 0 Å². The summed E-state index contributed by atoms with van der Waals surface area (Å²) in [6, 6.07) is 24.2. The molecule has 0 radical (unpaired) electrons. The number of halogens is 1. The molecule has 0 saturated carbocycles. The van der Waals surface area contributed by atoms with Crippen LogP contribution in [0.25, 0.3) is 0 Å². The van der Waals surface area contributed by atoms with Crippen LogP contribution in [0.4, 0.5) is 4.39 Å². The number of carbonyl (C=O) groups is 1. The molecule has 1 atom stereocenters. The Bertz CT molecular complexity index is 1170. The molecule has 0 aromatic heterocycles. The first kappa shape index (κ1) is 24.1. The highest BCUT2D eigenvalue weighted by Gasteiger charge is 2.33. The molecule has 1 saturated heterocycles. The predicted molar refractivity (Wildman–Crippen MR) is 129 cm³/mol. The maximum Gasteiger partial charge on any atom is 0.246 e. The lowest BCUT2D eigenvalue weighted by Gasteiger charge is -2.37. The SMILES string of the molecule is C[C@@H](C(=O)NC(c1ccccc1)c1ccccc1)N1CCN(S(=O)(=O)c2ccccc2F)CC1. The van der Waals surface area contributed by atoms with E-state index < -0.39 is 21.9 Å². The van der Waals surface area contributed by atoms with Crippen LogP contribution in [0.5, 0.6) is 0 Å². The van der Waals surface area contributed by atoms with Crippen molar-refractivity contribution in [3.63, 3.8) is 0 Å². The molecule has 3 aromatic carbocycles. The van der Waals surface area contributed by atoms with Gasteiger partial charge in [-0.1, -0.05) is 72.8 Å². The minimum absolute atomic E-state index is 0.136. The van der Waals surface area contributed by atoms with Gasteiger partial charge in [-0.15, -0.1) is 0 Å². The fourth-order valence-electron chi connectivity index (χ4n) is 4.20. The largest absolute Gasteiger partial charge is 0.344 e. The third-order valence-corrected chi connectivity index (χ3v) is 8.14. The Morgan fingerprint density at radius 2 is 1.32 bits per heavy atom. The molecule has 0 bridgehead atoms. The first-order valence-corrected chi connectivity index (χ1v) is 12.7. The van der Waals surface area contributed by atoms with Crippen LogP contribution in [0.3, 0.4) is 0 Å². The van der Waals surface area contributed by atoms with Crippen molar-refractivity contribution < 1.29 is 17.6 Å². The Morgan fingerprint density at radius 3 is 1.85 bits per heavy atom. The van der Waals surface area contributed by atoms with Crippen LogP contribution in [-0.4, -0.2) is 55.8 Å². The average Bonchev–Trinajstić information content (AvgIpc) is 2.88. The third-order valence-electron chi connectivity index (χ3n) is 6.21. The third kappa shape index (κ3) is 5.19. The van der Waals surface area contributed by atoms with Gasteiger partial charge in [0.25, 0.3) is 0 Å². The van der Waals surface area contributed by atoms with Gasteiger partial charge in [-0.05, 0) is 30.2 Å². The molecule has 1 amide bonds. The Morgan fingerprint density at radius 1 is 0.824 bits per heavy atom. The Kier molecular flexibility index (Phi) is 7.41. The van der Waals surface area contributed by atoms with Gasteiger partial charge < -0.3 is 5.32 Å². The van der Waals surface area contributed by atoms with Crippen molar-refractivity contribution >= 4 is 15.9 Å². The number of hydrogen-bond donors (Lipinski definition) is 1. The van der Waals surface area contributed by atoms with Gasteiger partial charge >= 0.3 is 0 Å². The van der Waals surface area contributed by atoms with Crippen LogP contribution in [0.1, 0.15) is 24.1 Å². The summed E-state index contributed by atoms with van der Waals surface area (Å²) in [5.41, 5.74) is 1.96. The van der Waals surface area contributed by atoms with E-state index in [4.69, 9.17) is 0 Å². The quantitative estimate of drug-likeness (QED) is 0.562. The fraction of sp³-hybridized carbons (Fsp3) is 0.269. The van der Waals surface area contributed by atoms with Crippen molar-refractivity contribution in [1.29, 1.82) is 0 Å². The summed E-state index contributed by atoms with van der Waals surface area (Å²) in [6.45, 7) is 2.96. The van der Waals surface area contributed by atoms with Crippen molar-refractivity contribution in [3.8, 4) is 0 Å². The number of carbonyl (C=O) groups excluding carboxylic acids is 1. The average molecular weight is 482 g/mol. The standard InChI is InChI=1S/C26H28FN3O3S/c1-20(26(31)28-25(21-10-4-2-5-11-21)22-12-6-3-7-13-22)29-16-18-30(19-17-29)34(32,33)24-15-9-8-14-23(24)27/h2-15,20,25H,16-19H2,1H3,(H,28,31)/t20-/m0/s1. The number of piperazine rings is 1. The number of amides is 1. The zero-order valence-corrected chi connectivity index (χ0v) is 19.8. The molecular formula is C26H28FN3O3S. The lowest BCUT2D eigenvalue weighted by molar-refractivity contribution is -0.126. The van der Waals surface area contributed by atoms with E-state index in [-0.39, 0.29) is 29.9 Å². The van der Waals surface area contributed by atoms with Crippen molar-refractivity contribution in [2.75, 3.05) is 26.2 Å². The van der Waals surface area contributed by atoms with Crippen LogP contribution in [0.15, 0.2) is 89.8 Å². The normalized spacial score (nSPS) is 16.3. The summed E-state index contributed by atoms with van der Waals surface area (Å²) in [6.07, 6.45) is 0. The summed E-state index contributed by atoms with van der Waals surface area (Å²) in [4.78, 5) is 14.8. The van der Waals surface area contributed by atoms with E-state index in [2.05, 4.69) is 5.32 Å². The lowest BCUT2D eigenvalue weighted by Crippen LogP contribution is -2.55. The molecule has 4 rings (SSSR count). The Hall–Kier alpha value is -3.07. The van der Waals surface area contributed by atoms with Crippen molar-refractivity contribution in [2.45, 2.75) is 23.9 Å². The van der Waals surface area contributed by atoms with Gasteiger partial charge in [0.1, 0.15) is 10.7 Å². The topological polar surface area (TPSA) is 69.7 Å². The van der Waals surface area contributed by atoms with Crippen molar-refractivity contribution in [2.24, 2.45) is 0 Å². The minimum atomic E-state index is -3.92. The number of rotatable bonds is 7. The van der Waals surface area contributed by atoms with E-state index in [0.29, 0.717) is 13.1 Å². The molecule has 1 aliphatic rings. The molecule has 178 valence electrons. The highest BCUT2D eigenvalue weighted by molar-refractivity contribution is 7.89. The summed E-state index contributed by atoms with van der Waals surface area (Å²) >= 11 is 0. The second-order valence-electron chi connectivity index (χ2n) is 8.31. The number of benzene rings is 3. The van der Waals surface area contributed by atoms with Gasteiger partial charge in [-0.25, -0.2) is 12.8 Å². The molecule has 1 heterocycles. The molecule has 8 heteroatoms. The second-order valence-corrected chi connectivity index (χ2v) is 10.2. The van der Waals surface area contributed by atoms with Crippen LogP contribution >= 0.6 is 0 Å². The molecule has 1 N–H and O–H groups in total. The second kappa shape index (κ2) is 10.5. The van der Waals surface area contributed by atoms with Crippen LogP contribution < -0.4 is 5.32 Å². The molecular weight excluding hydrogens is 453 g/mol. The van der Waals surface area contributed by atoms with E-state index in [1.807, 2.05) is 72.5 Å². The molecule has 0 aliphatic carbocycles. The number of nitrogens with one attached hydrogen (secondary N) is 1. The van der Waals surface area contributed by atoms with Crippen LogP contribution in [0, 0.1) is 5.82 Å². The summed E-state index contributed by atoms with van der Waals surface area (Å²) in [7, 11) is -3.92. The maximum atomic E-state index is 14.1. The molecule has 3 aromatic rings. The first-order valence-electron chi connectivity index (χ1n) is 11.3. The van der Waals surface area contributed by atoms with Gasteiger partial charge in [0, 0.05) is 26.2 Å². The Balaban J connectivity index is 1.43. The van der Waals surface area contributed by atoms with Gasteiger partial charge in [-0.3, -0.25) is 9.69 Å². The molecule has 0 unspecified atom stereocenters. The molecule has 0 spiro atoms. The molecule has 34 heavy (non-hydrogen) atoms. The minimum Gasteiger partial charge on any atom is -0.344 e. The van der Waals surface area contributed by atoms with Crippen molar-refractivity contribution in [3.05, 3.63) is 102 Å². The van der Waals surface area contributed by atoms with E-state index >= 15 is 0 Å². The highest BCUT2D eigenvalue weighted by Crippen LogP contribution is 2.23. The number of nitrogens with zero attached hydrogens (tertiary/aromatic N) is 2. The van der Waals surface area contributed by atoms with E-state index in [1.54, 1.807) is 0 Å². The van der Waals surface area contributed by atoms with Crippen molar-refractivity contribution in [1.82, 2.24) is 14.5 Å². The summed E-state index contributed by atoms with van der Waals surface area (Å²) < 4.78 is 41.1. The number of hydrogen-bond acceptors (Lipinski definition) is 4. The monoisotopic (exact) mass is 481 g/mol. The summed E-state index contributed by atoms with van der Waals surface area (Å²) in [5.74, 6) is -0.895. The first-order chi connectivity index (χ1) is 16.4. The van der Waals surface area contributed by atoms with Gasteiger partial charge in [0.05, 0.1) is 12.1 Å². The van der Waals surface area contributed by atoms with Crippen LogP contribution in [0.2, 0.25) is 0 Å². The number of sulfonamides is 1. The lowest BCUT2D eigenvalue weighted by atomic mass is 9.98. The van der Waals surface area contributed by atoms with E-state index in [1.165, 1.54) is 22.5 Å². The molecule has 6 nitrogen and oxygen atoms in total. The van der Waals surface area contributed by atoms with Gasteiger partial charge in [-0.2, -0.15) is 4.31 Å². The van der Waals surface area contributed by atoms with E-state index in [0.717, 1.165) is 17.2 Å². The zero-order valence-electron chi connectivity index (χ0n) is 19.0. The predicted octanol–water partition coefficient (Wildman–Crippen LogP) is 3.43. The Labute approximate surface area is 200 Å². The molecule has 1 fully saturated rings. The van der Waals surface area contributed by atoms with E-state index in [9.17, 15) is 17.6 Å². The fourth-order valence-corrected chi connectivity index (χ4v) is 5.69. The summed E-state index contributed by atoms with van der Waals surface area (Å²) in [5, 5.41) is 3.16. The zero-order chi connectivity index (χ0) is 24.1. The molecule has 1 aliphatic heterocycles. The van der Waals surface area contributed by atoms with Crippen LogP contribution in [-0.2, 0) is 14.8 Å². The highest BCUT2D eigenvalue weighted by atomic mass is 32.2. The van der Waals surface area contributed by atoms with Gasteiger partial charge in [0.2, 0.25) is 15.9 Å².